The smallest absolute Gasteiger partial charge is 0.301 e. The summed E-state index contributed by atoms with van der Waals surface area (Å²) in [5, 5.41) is 11.3. The van der Waals surface area contributed by atoms with Crippen LogP contribution in [0.2, 0.25) is 0 Å². The number of hydrogen-bond acceptors (Lipinski definition) is 9. The molecule has 12 heteroatoms. The maximum atomic E-state index is 14.4. The van der Waals surface area contributed by atoms with E-state index in [9.17, 15) is 17.9 Å². The molecule has 3 aromatic rings. The van der Waals surface area contributed by atoms with Crippen molar-refractivity contribution >= 4 is 21.9 Å². The molecule has 0 amide bonds. The van der Waals surface area contributed by atoms with Crippen LogP contribution in [0.4, 0.5) is 10.2 Å². The second-order valence-corrected chi connectivity index (χ2v) is 12.6. The Morgan fingerprint density at radius 1 is 1.07 bits per heavy atom. The Kier molecular flexibility index (Phi) is 8.25. The van der Waals surface area contributed by atoms with Crippen LogP contribution in [0.15, 0.2) is 65.3 Å². The van der Waals surface area contributed by atoms with E-state index in [0.717, 1.165) is 37.6 Å². The summed E-state index contributed by atoms with van der Waals surface area (Å²) in [6, 6.07) is 12.2. The number of nitrogens with one attached hydrogen (secondary N) is 1. The number of halogens is 1. The molecule has 10 nitrogen and oxygen atoms in total. The summed E-state index contributed by atoms with van der Waals surface area (Å²) in [5.41, 5.74) is 1.09. The molecule has 3 heterocycles. The van der Waals surface area contributed by atoms with Crippen molar-refractivity contribution < 1.29 is 22.7 Å². The fourth-order valence-corrected chi connectivity index (χ4v) is 7.01. The summed E-state index contributed by atoms with van der Waals surface area (Å²) >= 11 is 0. The summed E-state index contributed by atoms with van der Waals surface area (Å²) in [4.78, 5) is 13.7. The van der Waals surface area contributed by atoms with Gasteiger partial charge in [-0.1, -0.05) is 42.5 Å². The SMILES string of the molecule is CN1CCN(c2cnc(-c3ccc(C4C(C)(C)OC(N[C@@H](CCO)c5ccccc5F)=NS4(=O)=O)cc3)cn2)CC1. The Bertz CT molecular complexity index is 1490. The molecule has 2 atom stereocenters. The third kappa shape index (κ3) is 6.34. The zero-order valence-electron chi connectivity index (χ0n) is 23.4. The first-order valence-corrected chi connectivity index (χ1v) is 15.1. The van der Waals surface area contributed by atoms with Gasteiger partial charge in [0.15, 0.2) is 0 Å². The first-order valence-electron chi connectivity index (χ1n) is 13.6. The van der Waals surface area contributed by atoms with Gasteiger partial charge >= 0.3 is 6.02 Å². The van der Waals surface area contributed by atoms with Crippen molar-refractivity contribution in [3.05, 3.63) is 77.9 Å². The van der Waals surface area contributed by atoms with Crippen LogP contribution in [0.5, 0.6) is 0 Å². The Morgan fingerprint density at radius 3 is 2.39 bits per heavy atom. The topological polar surface area (TPSA) is 120 Å². The molecule has 0 bridgehead atoms. The van der Waals surface area contributed by atoms with E-state index in [0.29, 0.717) is 11.3 Å². The molecule has 2 aliphatic heterocycles. The molecule has 2 aliphatic rings. The van der Waals surface area contributed by atoms with E-state index in [1.165, 1.54) is 6.07 Å². The third-order valence-corrected chi connectivity index (χ3v) is 9.33. The van der Waals surface area contributed by atoms with E-state index < -0.39 is 32.7 Å². The van der Waals surface area contributed by atoms with Crippen LogP contribution in [-0.4, -0.2) is 79.8 Å². The Balaban J connectivity index is 1.34. The lowest BCUT2D eigenvalue weighted by Crippen LogP contribution is -2.47. The minimum absolute atomic E-state index is 0.133. The quantitative estimate of drug-likeness (QED) is 0.432. The molecule has 2 N–H and O–H groups in total. The predicted octanol–water partition coefficient (Wildman–Crippen LogP) is 3.28. The van der Waals surface area contributed by atoms with Gasteiger partial charge in [-0.3, -0.25) is 4.98 Å². The number of nitrogens with zero attached hydrogens (tertiary/aromatic N) is 5. The number of rotatable bonds is 7. The number of hydrogen-bond donors (Lipinski definition) is 2. The van der Waals surface area contributed by atoms with Crippen LogP contribution in [0.3, 0.4) is 0 Å². The first kappa shape index (κ1) is 28.9. The zero-order chi connectivity index (χ0) is 29.2. The fraction of sp³-hybridized carbons (Fsp3) is 0.414. The highest BCUT2D eigenvalue weighted by Gasteiger charge is 2.47. The number of anilines is 1. The number of piperazine rings is 1. The molecule has 41 heavy (non-hydrogen) atoms. The van der Waals surface area contributed by atoms with Gasteiger partial charge in [0.05, 0.1) is 24.1 Å². The number of aliphatic hydroxyl groups is 1. The number of benzene rings is 2. The van der Waals surface area contributed by atoms with Crippen molar-refractivity contribution in [1.82, 2.24) is 20.2 Å². The molecule has 5 rings (SSSR count). The third-order valence-electron chi connectivity index (χ3n) is 7.47. The standard InChI is InChI=1S/C29H35FN6O4S/c1-29(2)27(41(38,39)34-28(40-29)33-24(12-17-37)22-6-4-5-7-23(22)30)21-10-8-20(9-11-21)25-18-32-26(19-31-25)36-15-13-35(3)14-16-36/h4-11,18-19,24,27,37H,12-17H2,1-3H3,(H,33,34)/t24-,27?/m0/s1. The van der Waals surface area contributed by atoms with E-state index in [4.69, 9.17) is 4.74 Å². The van der Waals surface area contributed by atoms with Gasteiger partial charge in [0.2, 0.25) is 0 Å². The maximum Gasteiger partial charge on any atom is 0.301 e. The van der Waals surface area contributed by atoms with Gasteiger partial charge in [-0.25, -0.2) is 17.8 Å². The number of sulfonamides is 1. The lowest BCUT2D eigenvalue weighted by atomic mass is 9.96. The van der Waals surface area contributed by atoms with Crippen molar-refractivity contribution in [3.8, 4) is 11.3 Å². The van der Waals surface area contributed by atoms with Gasteiger partial charge in [-0.2, -0.15) is 0 Å². The predicted molar refractivity (Wildman–Crippen MR) is 155 cm³/mol. The van der Waals surface area contributed by atoms with Crippen LogP contribution in [0.25, 0.3) is 11.3 Å². The van der Waals surface area contributed by atoms with E-state index in [1.807, 2.05) is 12.1 Å². The molecule has 1 fully saturated rings. The van der Waals surface area contributed by atoms with Crippen molar-refractivity contribution in [2.24, 2.45) is 4.40 Å². The minimum atomic E-state index is -4.08. The first-order chi connectivity index (χ1) is 19.6. The number of ether oxygens (including phenoxy) is 1. The number of likely N-dealkylation sites (N-methyl/N-ethyl adjacent to an activating group) is 1. The second-order valence-electron chi connectivity index (χ2n) is 10.9. The summed E-state index contributed by atoms with van der Waals surface area (Å²) in [5.74, 6) is 0.359. The zero-order valence-corrected chi connectivity index (χ0v) is 24.2. The Hall–Kier alpha value is -3.61. The fourth-order valence-electron chi connectivity index (χ4n) is 5.32. The molecule has 218 valence electrons. The summed E-state index contributed by atoms with van der Waals surface area (Å²) in [6.45, 7) is 6.86. The van der Waals surface area contributed by atoms with Crippen LogP contribution >= 0.6 is 0 Å². The van der Waals surface area contributed by atoms with Crippen molar-refractivity contribution in [2.75, 3.05) is 44.7 Å². The summed E-state index contributed by atoms with van der Waals surface area (Å²) in [7, 11) is -1.97. The summed E-state index contributed by atoms with van der Waals surface area (Å²) in [6.07, 6.45) is 3.63. The maximum absolute atomic E-state index is 14.4. The lowest BCUT2D eigenvalue weighted by Gasteiger charge is -2.38. The van der Waals surface area contributed by atoms with E-state index in [2.05, 4.69) is 36.5 Å². The molecule has 1 saturated heterocycles. The monoisotopic (exact) mass is 582 g/mol. The van der Waals surface area contributed by atoms with Crippen molar-refractivity contribution in [2.45, 2.75) is 37.2 Å². The number of amidine groups is 1. The van der Waals surface area contributed by atoms with Crippen molar-refractivity contribution in [1.29, 1.82) is 0 Å². The normalized spacial score (nSPS) is 21.0. The van der Waals surface area contributed by atoms with E-state index in [-0.39, 0.29) is 24.6 Å². The molecule has 0 radical (unpaired) electrons. The molecule has 0 saturated carbocycles. The van der Waals surface area contributed by atoms with Crippen LogP contribution in [0.1, 0.15) is 42.7 Å². The van der Waals surface area contributed by atoms with E-state index >= 15 is 0 Å². The van der Waals surface area contributed by atoms with Gasteiger partial charge in [0.1, 0.15) is 22.5 Å². The van der Waals surface area contributed by atoms with Gasteiger partial charge in [-0.15, -0.1) is 4.40 Å². The van der Waals surface area contributed by atoms with Crippen molar-refractivity contribution in [3.63, 3.8) is 0 Å². The molecule has 1 unspecified atom stereocenters. The molecular weight excluding hydrogens is 547 g/mol. The molecule has 0 spiro atoms. The van der Waals surface area contributed by atoms with Crippen LogP contribution in [0, 0.1) is 5.82 Å². The largest absolute Gasteiger partial charge is 0.457 e. The highest BCUT2D eigenvalue weighted by atomic mass is 32.2. The van der Waals surface area contributed by atoms with Gasteiger partial charge < -0.3 is 25.0 Å². The van der Waals surface area contributed by atoms with Gasteiger partial charge in [0, 0.05) is 43.9 Å². The molecular formula is C29H35FN6O4S. The Labute approximate surface area is 240 Å². The molecule has 2 aromatic carbocycles. The highest BCUT2D eigenvalue weighted by molar-refractivity contribution is 7.90. The van der Waals surface area contributed by atoms with Crippen LogP contribution in [-0.2, 0) is 14.8 Å². The molecule has 0 aliphatic carbocycles. The minimum Gasteiger partial charge on any atom is -0.457 e. The average molecular weight is 583 g/mol. The Morgan fingerprint density at radius 2 is 1.78 bits per heavy atom. The average Bonchev–Trinajstić information content (AvgIpc) is 2.93. The second kappa shape index (κ2) is 11.7. The van der Waals surface area contributed by atoms with Crippen LogP contribution < -0.4 is 10.2 Å². The molecule has 1 aromatic heterocycles. The number of aromatic nitrogens is 2. The lowest BCUT2D eigenvalue weighted by molar-refractivity contribution is 0.0759. The van der Waals surface area contributed by atoms with Gasteiger partial charge in [0.25, 0.3) is 10.0 Å². The highest BCUT2D eigenvalue weighted by Crippen LogP contribution is 2.41. The van der Waals surface area contributed by atoms with Gasteiger partial charge in [-0.05, 0) is 38.9 Å². The number of aliphatic hydroxyl groups excluding tert-OH is 1. The van der Waals surface area contributed by atoms with E-state index in [1.54, 1.807) is 56.6 Å². The summed E-state index contributed by atoms with van der Waals surface area (Å²) < 4.78 is 51.3.